The fourth-order valence-electron chi connectivity index (χ4n) is 1.26. The molecule has 0 fully saturated rings. The van der Waals surface area contributed by atoms with Gasteiger partial charge in [-0.3, -0.25) is 0 Å². The van der Waals surface area contributed by atoms with Gasteiger partial charge in [-0.2, -0.15) is 0 Å². The molecule has 0 radical (unpaired) electrons. The number of ether oxygens (including phenoxy) is 1. The molecule has 2 nitrogen and oxygen atoms in total. The summed E-state index contributed by atoms with van der Waals surface area (Å²) in [6.45, 7) is 3.53. The molecule has 0 aliphatic heterocycles. The molecule has 0 saturated heterocycles. The maximum absolute atomic E-state index is 9.72. The fourth-order valence-corrected chi connectivity index (χ4v) is 2.82. The lowest BCUT2D eigenvalue weighted by Crippen LogP contribution is -2.13. The van der Waals surface area contributed by atoms with E-state index >= 15 is 0 Å². The van der Waals surface area contributed by atoms with Crippen LogP contribution in [0.2, 0.25) is 0 Å². The lowest BCUT2D eigenvalue weighted by Gasteiger charge is -2.09. The maximum atomic E-state index is 9.72. The summed E-state index contributed by atoms with van der Waals surface area (Å²) in [6, 6.07) is 4.06. The third kappa shape index (κ3) is 5.66. The molecule has 1 rings (SSSR count). The molecule has 0 aliphatic rings. The molecule has 1 N–H and O–H groups in total. The van der Waals surface area contributed by atoms with E-state index in [1.807, 2.05) is 12.1 Å². The van der Waals surface area contributed by atoms with Crippen LogP contribution >= 0.6 is 27.3 Å². The standard InChI is InChI=1S/C11H17BrO2S/c1-2-6-14-7-5-9(13)8-10-3-4-11(12)15-10/h3-4,9,13H,2,5-8H2,1H3. The second-order valence-corrected chi connectivity index (χ2v) is 6.01. The first kappa shape index (κ1) is 13.2. The van der Waals surface area contributed by atoms with Crippen molar-refractivity contribution in [3.8, 4) is 0 Å². The fraction of sp³-hybridized carbons (Fsp3) is 0.636. The topological polar surface area (TPSA) is 29.5 Å². The van der Waals surface area contributed by atoms with Gasteiger partial charge in [0.15, 0.2) is 0 Å². The Labute approximate surface area is 103 Å². The average Bonchev–Trinajstić information content (AvgIpc) is 2.59. The van der Waals surface area contributed by atoms with Crippen LogP contribution in [0.1, 0.15) is 24.6 Å². The number of hydrogen-bond donors (Lipinski definition) is 1. The van der Waals surface area contributed by atoms with Gasteiger partial charge >= 0.3 is 0 Å². The molecule has 0 amide bonds. The lowest BCUT2D eigenvalue weighted by atomic mass is 10.2. The normalized spacial score (nSPS) is 13.0. The quantitative estimate of drug-likeness (QED) is 0.782. The number of hydrogen-bond acceptors (Lipinski definition) is 3. The van der Waals surface area contributed by atoms with Gasteiger partial charge in [0.1, 0.15) is 0 Å². The molecule has 1 heterocycles. The van der Waals surface area contributed by atoms with Crippen molar-refractivity contribution in [3.63, 3.8) is 0 Å². The van der Waals surface area contributed by atoms with Gasteiger partial charge in [-0.25, -0.2) is 0 Å². The minimum absolute atomic E-state index is 0.285. The van der Waals surface area contributed by atoms with Gasteiger partial charge in [0, 0.05) is 24.5 Å². The van der Waals surface area contributed by atoms with Gasteiger partial charge in [-0.05, 0) is 40.9 Å². The van der Waals surface area contributed by atoms with Gasteiger partial charge in [-0.15, -0.1) is 11.3 Å². The predicted molar refractivity (Wildman–Crippen MR) is 67.5 cm³/mol. The minimum Gasteiger partial charge on any atom is -0.393 e. The molecule has 4 heteroatoms. The van der Waals surface area contributed by atoms with Gasteiger partial charge in [0.2, 0.25) is 0 Å². The van der Waals surface area contributed by atoms with E-state index in [-0.39, 0.29) is 6.10 Å². The molecule has 0 aromatic carbocycles. The smallest absolute Gasteiger partial charge is 0.0701 e. The average molecular weight is 293 g/mol. The Morgan fingerprint density at radius 2 is 2.27 bits per heavy atom. The molecule has 86 valence electrons. The SMILES string of the molecule is CCCOCCC(O)Cc1ccc(Br)s1. The molecule has 0 saturated carbocycles. The van der Waals surface area contributed by atoms with Gasteiger partial charge in [0.05, 0.1) is 9.89 Å². The third-order valence-electron chi connectivity index (χ3n) is 2.01. The van der Waals surface area contributed by atoms with E-state index in [0.717, 1.165) is 29.7 Å². The number of thiophene rings is 1. The Bertz CT molecular complexity index is 275. The van der Waals surface area contributed by atoms with Crippen LogP contribution in [0.5, 0.6) is 0 Å². The molecular weight excluding hydrogens is 276 g/mol. The zero-order valence-corrected chi connectivity index (χ0v) is 11.3. The molecular formula is C11H17BrO2S. The maximum Gasteiger partial charge on any atom is 0.0701 e. The summed E-state index contributed by atoms with van der Waals surface area (Å²) in [5.41, 5.74) is 0. The van der Waals surface area contributed by atoms with Gasteiger partial charge in [-0.1, -0.05) is 6.92 Å². The second kappa shape index (κ2) is 7.39. The van der Waals surface area contributed by atoms with E-state index in [0.29, 0.717) is 6.61 Å². The van der Waals surface area contributed by atoms with Crippen LogP contribution in [0.15, 0.2) is 15.9 Å². The lowest BCUT2D eigenvalue weighted by molar-refractivity contribution is 0.0827. The van der Waals surface area contributed by atoms with Crippen LogP contribution < -0.4 is 0 Å². The molecule has 0 bridgehead atoms. The zero-order valence-electron chi connectivity index (χ0n) is 8.91. The molecule has 0 spiro atoms. The first-order valence-electron chi connectivity index (χ1n) is 5.22. The number of aliphatic hydroxyl groups excluding tert-OH is 1. The van der Waals surface area contributed by atoms with Crippen LogP contribution in [0.3, 0.4) is 0 Å². The first-order valence-corrected chi connectivity index (χ1v) is 6.83. The molecule has 1 unspecified atom stereocenters. The summed E-state index contributed by atoms with van der Waals surface area (Å²) in [6.07, 6.45) is 2.20. The minimum atomic E-state index is -0.285. The van der Waals surface area contributed by atoms with E-state index in [1.165, 1.54) is 4.88 Å². The van der Waals surface area contributed by atoms with Crippen molar-refractivity contribution in [2.75, 3.05) is 13.2 Å². The predicted octanol–water partition coefficient (Wildman–Crippen LogP) is 3.23. The third-order valence-corrected chi connectivity index (χ3v) is 3.66. The Morgan fingerprint density at radius 1 is 1.47 bits per heavy atom. The number of aliphatic hydroxyl groups is 1. The Morgan fingerprint density at radius 3 is 2.87 bits per heavy atom. The van der Waals surface area contributed by atoms with E-state index in [1.54, 1.807) is 11.3 Å². The summed E-state index contributed by atoms with van der Waals surface area (Å²) in [5.74, 6) is 0. The van der Waals surface area contributed by atoms with Crippen LogP contribution in [-0.4, -0.2) is 24.4 Å². The molecule has 1 aromatic heterocycles. The molecule has 15 heavy (non-hydrogen) atoms. The summed E-state index contributed by atoms with van der Waals surface area (Å²) in [5, 5.41) is 9.72. The summed E-state index contributed by atoms with van der Waals surface area (Å²) >= 11 is 5.08. The highest BCUT2D eigenvalue weighted by Crippen LogP contribution is 2.23. The Hall–Kier alpha value is 0.1000. The van der Waals surface area contributed by atoms with Crippen molar-refractivity contribution in [2.45, 2.75) is 32.3 Å². The van der Waals surface area contributed by atoms with Crippen molar-refractivity contribution in [2.24, 2.45) is 0 Å². The van der Waals surface area contributed by atoms with Crippen LogP contribution in [-0.2, 0) is 11.2 Å². The number of rotatable bonds is 7. The molecule has 0 aliphatic carbocycles. The highest BCUT2D eigenvalue weighted by atomic mass is 79.9. The van der Waals surface area contributed by atoms with Gasteiger partial charge in [0.25, 0.3) is 0 Å². The Balaban J connectivity index is 2.15. The van der Waals surface area contributed by atoms with Crippen molar-refractivity contribution in [1.29, 1.82) is 0 Å². The monoisotopic (exact) mass is 292 g/mol. The second-order valence-electron chi connectivity index (χ2n) is 3.46. The zero-order chi connectivity index (χ0) is 11.1. The largest absolute Gasteiger partial charge is 0.393 e. The summed E-state index contributed by atoms with van der Waals surface area (Å²) in [4.78, 5) is 1.21. The summed E-state index contributed by atoms with van der Waals surface area (Å²) in [7, 11) is 0. The van der Waals surface area contributed by atoms with Gasteiger partial charge < -0.3 is 9.84 Å². The molecule has 1 aromatic rings. The van der Waals surface area contributed by atoms with Crippen LogP contribution in [0.25, 0.3) is 0 Å². The summed E-state index contributed by atoms with van der Waals surface area (Å²) < 4.78 is 6.45. The number of halogens is 1. The van der Waals surface area contributed by atoms with E-state index < -0.39 is 0 Å². The Kier molecular flexibility index (Phi) is 6.48. The van der Waals surface area contributed by atoms with Crippen molar-refractivity contribution >= 4 is 27.3 Å². The van der Waals surface area contributed by atoms with E-state index in [9.17, 15) is 5.11 Å². The van der Waals surface area contributed by atoms with Crippen molar-refractivity contribution in [1.82, 2.24) is 0 Å². The van der Waals surface area contributed by atoms with Crippen LogP contribution in [0, 0.1) is 0 Å². The van der Waals surface area contributed by atoms with E-state index in [4.69, 9.17) is 4.74 Å². The van der Waals surface area contributed by atoms with E-state index in [2.05, 4.69) is 22.9 Å². The first-order chi connectivity index (χ1) is 7.22. The highest BCUT2D eigenvalue weighted by molar-refractivity contribution is 9.11. The van der Waals surface area contributed by atoms with Crippen LogP contribution in [0.4, 0.5) is 0 Å². The highest BCUT2D eigenvalue weighted by Gasteiger charge is 2.07. The van der Waals surface area contributed by atoms with Crippen molar-refractivity contribution < 1.29 is 9.84 Å². The van der Waals surface area contributed by atoms with Crippen molar-refractivity contribution in [3.05, 3.63) is 20.8 Å². The molecule has 1 atom stereocenters.